The summed E-state index contributed by atoms with van der Waals surface area (Å²) in [5, 5.41) is 0. The number of likely N-dealkylation sites (tertiary alicyclic amines) is 2. The van der Waals surface area contributed by atoms with E-state index in [1.807, 2.05) is 18.2 Å². The second kappa shape index (κ2) is 8.55. The number of rotatable bonds is 4. The van der Waals surface area contributed by atoms with E-state index in [9.17, 15) is 4.79 Å². The molecule has 3 heterocycles. The molecule has 1 saturated carbocycles. The Hall–Kier alpha value is -1.68. The van der Waals surface area contributed by atoms with Gasteiger partial charge in [0, 0.05) is 50.1 Å². The molecule has 1 aromatic rings. The van der Waals surface area contributed by atoms with E-state index in [0.717, 1.165) is 24.6 Å². The van der Waals surface area contributed by atoms with Crippen molar-refractivity contribution < 1.29 is 4.79 Å². The van der Waals surface area contributed by atoms with Crippen LogP contribution in [0.1, 0.15) is 56.9 Å². The first-order valence-corrected chi connectivity index (χ1v) is 10.8. The standard InChI is InChI=1S/C23H33N3O/c27-22(8-7-20-9-13-24-14-10-20)26-16-12-23(19-26)11-4-15-25(18-23)17-21-5-2-1-3-6-21/h7-10,13-14,21H,1-6,11-12,15-19H2/b8-7+. The third-order valence-corrected chi connectivity index (χ3v) is 6.86. The monoisotopic (exact) mass is 367 g/mol. The summed E-state index contributed by atoms with van der Waals surface area (Å²) in [6.07, 6.45) is 18.0. The van der Waals surface area contributed by atoms with Crippen molar-refractivity contribution >= 4 is 12.0 Å². The van der Waals surface area contributed by atoms with Crippen LogP contribution in [0, 0.1) is 11.3 Å². The lowest BCUT2D eigenvalue weighted by Crippen LogP contribution is -2.46. The van der Waals surface area contributed by atoms with Crippen molar-refractivity contribution in [1.82, 2.24) is 14.8 Å². The fraction of sp³-hybridized carbons (Fsp3) is 0.652. The Morgan fingerprint density at radius 2 is 1.89 bits per heavy atom. The summed E-state index contributed by atoms with van der Waals surface area (Å²) in [5.41, 5.74) is 1.37. The molecule has 1 aromatic heterocycles. The Labute approximate surface area is 163 Å². The lowest BCUT2D eigenvalue weighted by molar-refractivity contribution is -0.125. The lowest BCUT2D eigenvalue weighted by atomic mass is 9.78. The van der Waals surface area contributed by atoms with E-state index >= 15 is 0 Å². The summed E-state index contributed by atoms with van der Waals surface area (Å²) in [6.45, 7) is 5.59. The largest absolute Gasteiger partial charge is 0.339 e. The van der Waals surface area contributed by atoms with E-state index in [2.05, 4.69) is 14.8 Å². The van der Waals surface area contributed by atoms with Crippen LogP contribution in [0.4, 0.5) is 0 Å². The van der Waals surface area contributed by atoms with Crippen LogP contribution in [-0.4, -0.2) is 53.4 Å². The maximum atomic E-state index is 12.7. The topological polar surface area (TPSA) is 36.4 Å². The highest BCUT2D eigenvalue weighted by atomic mass is 16.2. The highest BCUT2D eigenvalue weighted by molar-refractivity contribution is 5.92. The number of nitrogens with zero attached hydrogens (tertiary/aromatic N) is 3. The van der Waals surface area contributed by atoms with Gasteiger partial charge in [0.1, 0.15) is 0 Å². The van der Waals surface area contributed by atoms with E-state index in [1.54, 1.807) is 18.5 Å². The molecule has 1 aliphatic carbocycles. The summed E-state index contributed by atoms with van der Waals surface area (Å²) < 4.78 is 0. The Morgan fingerprint density at radius 3 is 2.70 bits per heavy atom. The molecule has 4 heteroatoms. The molecule has 27 heavy (non-hydrogen) atoms. The third-order valence-electron chi connectivity index (χ3n) is 6.86. The minimum absolute atomic E-state index is 0.160. The smallest absolute Gasteiger partial charge is 0.246 e. The van der Waals surface area contributed by atoms with Gasteiger partial charge in [0.15, 0.2) is 0 Å². The van der Waals surface area contributed by atoms with Gasteiger partial charge in [0.05, 0.1) is 0 Å². The molecule has 2 aliphatic heterocycles. The summed E-state index contributed by atoms with van der Waals surface area (Å²) >= 11 is 0. The number of piperidine rings is 1. The predicted molar refractivity (Wildman–Crippen MR) is 109 cm³/mol. The predicted octanol–water partition coefficient (Wildman–Crippen LogP) is 3.99. The molecule has 1 amide bonds. The molecule has 4 rings (SSSR count). The van der Waals surface area contributed by atoms with Crippen LogP contribution in [0.5, 0.6) is 0 Å². The van der Waals surface area contributed by atoms with Crippen molar-refractivity contribution in [3.05, 3.63) is 36.2 Å². The van der Waals surface area contributed by atoms with Crippen LogP contribution in [0.2, 0.25) is 0 Å². The van der Waals surface area contributed by atoms with Crippen molar-refractivity contribution in [1.29, 1.82) is 0 Å². The summed E-state index contributed by atoms with van der Waals surface area (Å²) in [5.74, 6) is 1.07. The average molecular weight is 368 g/mol. The molecule has 146 valence electrons. The Morgan fingerprint density at radius 1 is 1.07 bits per heavy atom. The molecule has 1 spiro atoms. The van der Waals surface area contributed by atoms with Crippen LogP contribution >= 0.6 is 0 Å². The molecule has 1 atom stereocenters. The number of hydrogen-bond acceptors (Lipinski definition) is 3. The summed E-state index contributed by atoms with van der Waals surface area (Å²) in [7, 11) is 0. The van der Waals surface area contributed by atoms with Crippen molar-refractivity contribution in [3.8, 4) is 0 Å². The highest BCUT2D eigenvalue weighted by Gasteiger charge is 2.42. The van der Waals surface area contributed by atoms with Crippen molar-refractivity contribution in [2.45, 2.75) is 51.4 Å². The quantitative estimate of drug-likeness (QED) is 0.755. The SMILES string of the molecule is O=C(/C=C/c1ccncc1)N1CCC2(CCCN(CC3CCCCC3)C2)C1. The fourth-order valence-corrected chi connectivity index (χ4v) is 5.40. The molecule has 0 bridgehead atoms. The molecule has 1 unspecified atom stereocenters. The molecular weight excluding hydrogens is 334 g/mol. The minimum Gasteiger partial charge on any atom is -0.339 e. The zero-order valence-electron chi connectivity index (χ0n) is 16.5. The fourth-order valence-electron chi connectivity index (χ4n) is 5.40. The molecule has 0 radical (unpaired) electrons. The zero-order chi connectivity index (χ0) is 18.5. The van der Waals surface area contributed by atoms with Gasteiger partial charge in [-0.2, -0.15) is 0 Å². The molecule has 3 fully saturated rings. The lowest BCUT2D eigenvalue weighted by Gasteiger charge is -2.42. The number of pyridine rings is 1. The molecule has 3 aliphatic rings. The van der Waals surface area contributed by atoms with E-state index in [-0.39, 0.29) is 5.91 Å². The van der Waals surface area contributed by atoms with E-state index < -0.39 is 0 Å². The van der Waals surface area contributed by atoms with Gasteiger partial charge in [-0.05, 0) is 68.3 Å². The van der Waals surface area contributed by atoms with Gasteiger partial charge in [0.25, 0.3) is 0 Å². The van der Waals surface area contributed by atoms with Crippen molar-refractivity contribution in [2.75, 3.05) is 32.7 Å². The molecular formula is C23H33N3O. The maximum Gasteiger partial charge on any atom is 0.246 e. The first-order valence-electron chi connectivity index (χ1n) is 10.8. The minimum atomic E-state index is 0.160. The van der Waals surface area contributed by atoms with Gasteiger partial charge in [-0.3, -0.25) is 9.78 Å². The second-order valence-electron chi connectivity index (χ2n) is 8.97. The number of amides is 1. The number of carbonyl (C=O) groups excluding carboxylic acids is 1. The van der Waals surface area contributed by atoms with Gasteiger partial charge in [-0.25, -0.2) is 0 Å². The van der Waals surface area contributed by atoms with Gasteiger partial charge >= 0.3 is 0 Å². The van der Waals surface area contributed by atoms with Crippen molar-refractivity contribution in [2.24, 2.45) is 11.3 Å². The average Bonchev–Trinajstić information content (AvgIpc) is 3.11. The second-order valence-corrected chi connectivity index (χ2v) is 8.97. The number of aromatic nitrogens is 1. The molecule has 0 aromatic carbocycles. The van der Waals surface area contributed by atoms with Gasteiger partial charge in [-0.1, -0.05) is 19.3 Å². The van der Waals surface area contributed by atoms with Crippen LogP contribution in [0.15, 0.2) is 30.6 Å². The Bertz CT molecular complexity index is 653. The van der Waals surface area contributed by atoms with E-state index in [0.29, 0.717) is 5.41 Å². The highest BCUT2D eigenvalue weighted by Crippen LogP contribution is 2.39. The van der Waals surface area contributed by atoms with Gasteiger partial charge in [0.2, 0.25) is 5.91 Å². The molecule has 4 nitrogen and oxygen atoms in total. The first-order chi connectivity index (χ1) is 13.2. The van der Waals surface area contributed by atoms with Gasteiger partial charge < -0.3 is 9.80 Å². The van der Waals surface area contributed by atoms with E-state index in [4.69, 9.17) is 0 Å². The molecule has 2 saturated heterocycles. The van der Waals surface area contributed by atoms with Crippen LogP contribution in [0.3, 0.4) is 0 Å². The van der Waals surface area contributed by atoms with Crippen molar-refractivity contribution in [3.63, 3.8) is 0 Å². The third kappa shape index (κ3) is 4.78. The van der Waals surface area contributed by atoms with Crippen LogP contribution in [-0.2, 0) is 4.79 Å². The normalized spacial score (nSPS) is 27.6. The zero-order valence-corrected chi connectivity index (χ0v) is 16.5. The Balaban J connectivity index is 1.32. The number of hydrogen-bond donors (Lipinski definition) is 0. The van der Waals surface area contributed by atoms with Gasteiger partial charge in [-0.15, -0.1) is 0 Å². The summed E-state index contributed by atoms with van der Waals surface area (Å²) in [6, 6.07) is 3.86. The summed E-state index contributed by atoms with van der Waals surface area (Å²) in [4.78, 5) is 21.5. The maximum absolute atomic E-state index is 12.7. The number of carbonyl (C=O) groups is 1. The molecule has 0 N–H and O–H groups in total. The Kier molecular flexibility index (Phi) is 5.92. The van der Waals surface area contributed by atoms with Crippen LogP contribution < -0.4 is 0 Å². The van der Waals surface area contributed by atoms with Crippen LogP contribution in [0.25, 0.3) is 6.08 Å². The first kappa shape index (κ1) is 18.7. The van der Waals surface area contributed by atoms with E-state index in [1.165, 1.54) is 71.0 Å².